The number of sulfonamides is 1. The number of ether oxygens (including phenoxy) is 1. The average Bonchev–Trinajstić information content (AvgIpc) is 2.73. The number of rotatable bonds is 6. The van der Waals surface area contributed by atoms with Crippen molar-refractivity contribution in [1.82, 2.24) is 0 Å². The number of aliphatic carboxylic acids is 1. The van der Waals surface area contributed by atoms with E-state index in [9.17, 15) is 33.6 Å². The number of benzene rings is 2. The van der Waals surface area contributed by atoms with Crippen LogP contribution in [0.5, 0.6) is 0 Å². The summed E-state index contributed by atoms with van der Waals surface area (Å²) < 4.78 is 27.8. The van der Waals surface area contributed by atoms with Gasteiger partial charge in [-0.2, -0.15) is 5.11 Å². The summed E-state index contributed by atoms with van der Waals surface area (Å²) >= 11 is 0. The SMILES string of the molecule is Nc1ccc(N=Nc2ccc(S(N)(=O)=O)cc2)c(NC2OC(C(=O)O)C(O)C(O)C2O)c1. The lowest BCUT2D eigenvalue weighted by Crippen LogP contribution is -2.61. The molecule has 0 amide bonds. The average molecular weight is 467 g/mol. The van der Waals surface area contributed by atoms with Crippen LogP contribution in [-0.4, -0.2) is 65.5 Å². The Morgan fingerprint density at radius 1 is 1.00 bits per heavy atom. The van der Waals surface area contributed by atoms with E-state index in [1.807, 2.05) is 0 Å². The maximum atomic E-state index is 11.3. The van der Waals surface area contributed by atoms with Crippen molar-refractivity contribution in [3.05, 3.63) is 42.5 Å². The molecule has 0 saturated carbocycles. The van der Waals surface area contributed by atoms with E-state index in [-0.39, 0.29) is 16.3 Å². The quantitative estimate of drug-likeness (QED) is 0.215. The Morgan fingerprint density at radius 2 is 1.66 bits per heavy atom. The van der Waals surface area contributed by atoms with Gasteiger partial charge in [-0.15, -0.1) is 5.11 Å². The van der Waals surface area contributed by atoms with Crippen molar-refractivity contribution in [3.63, 3.8) is 0 Å². The third-order valence-electron chi connectivity index (χ3n) is 4.61. The van der Waals surface area contributed by atoms with Crippen molar-refractivity contribution >= 4 is 38.7 Å². The lowest BCUT2D eigenvalue weighted by Gasteiger charge is -2.39. The largest absolute Gasteiger partial charge is 0.479 e. The Kier molecular flexibility index (Phi) is 6.73. The molecule has 3 rings (SSSR count). The number of carbonyl (C=O) groups is 1. The number of nitrogens with two attached hydrogens (primary N) is 2. The molecule has 1 fully saturated rings. The summed E-state index contributed by atoms with van der Waals surface area (Å²) in [6.45, 7) is 0. The van der Waals surface area contributed by atoms with Crippen molar-refractivity contribution < 1.29 is 38.4 Å². The van der Waals surface area contributed by atoms with Crippen molar-refractivity contribution in [2.75, 3.05) is 11.1 Å². The minimum absolute atomic E-state index is 0.0940. The number of hydrogen-bond donors (Lipinski definition) is 7. The van der Waals surface area contributed by atoms with Crippen LogP contribution in [0.1, 0.15) is 0 Å². The van der Waals surface area contributed by atoms with Gasteiger partial charge in [0.2, 0.25) is 10.0 Å². The van der Waals surface area contributed by atoms with Crippen LogP contribution in [0.4, 0.5) is 22.7 Å². The smallest absolute Gasteiger partial charge is 0.335 e. The van der Waals surface area contributed by atoms with E-state index in [4.69, 9.17) is 15.6 Å². The van der Waals surface area contributed by atoms with Crippen molar-refractivity contribution in [2.45, 2.75) is 35.5 Å². The van der Waals surface area contributed by atoms with Crippen molar-refractivity contribution in [1.29, 1.82) is 0 Å². The number of nitrogens with zero attached hydrogens (tertiary/aromatic N) is 2. The molecule has 2 aromatic rings. The highest BCUT2D eigenvalue weighted by Gasteiger charge is 2.47. The molecule has 32 heavy (non-hydrogen) atoms. The van der Waals surface area contributed by atoms with Gasteiger partial charge in [-0.1, -0.05) is 0 Å². The predicted molar refractivity (Wildman–Crippen MR) is 111 cm³/mol. The second-order valence-corrected chi connectivity index (χ2v) is 8.51. The molecular weight excluding hydrogens is 446 g/mol. The van der Waals surface area contributed by atoms with Crippen LogP contribution in [0.3, 0.4) is 0 Å². The van der Waals surface area contributed by atoms with E-state index in [1.165, 1.54) is 42.5 Å². The summed E-state index contributed by atoms with van der Waals surface area (Å²) in [6.07, 6.45) is -8.49. The fraction of sp³-hybridized carbons (Fsp3) is 0.278. The molecule has 1 aliphatic rings. The summed E-state index contributed by atoms with van der Waals surface area (Å²) in [5, 5.41) is 54.9. The molecule has 13 nitrogen and oxygen atoms in total. The zero-order valence-electron chi connectivity index (χ0n) is 16.3. The van der Waals surface area contributed by atoms with Crippen LogP contribution >= 0.6 is 0 Å². The molecule has 0 aromatic heterocycles. The number of azo groups is 1. The molecule has 1 aliphatic heterocycles. The fourth-order valence-corrected chi connectivity index (χ4v) is 3.44. The number of hydrogen-bond acceptors (Lipinski definition) is 11. The van der Waals surface area contributed by atoms with Gasteiger partial charge in [0.1, 0.15) is 24.0 Å². The second-order valence-electron chi connectivity index (χ2n) is 6.95. The molecule has 0 bridgehead atoms. The van der Waals surface area contributed by atoms with E-state index in [0.717, 1.165) is 0 Å². The monoisotopic (exact) mass is 467 g/mol. The molecule has 5 atom stereocenters. The molecule has 14 heteroatoms. The number of nitrogens with one attached hydrogen (secondary N) is 1. The van der Waals surface area contributed by atoms with Gasteiger partial charge in [-0.25, -0.2) is 18.4 Å². The first-order chi connectivity index (χ1) is 15.0. The highest BCUT2D eigenvalue weighted by Crippen LogP contribution is 2.32. The lowest BCUT2D eigenvalue weighted by atomic mass is 9.98. The highest BCUT2D eigenvalue weighted by molar-refractivity contribution is 7.89. The summed E-state index contributed by atoms with van der Waals surface area (Å²) in [6, 6.07) is 9.71. The molecule has 1 saturated heterocycles. The summed E-state index contributed by atoms with van der Waals surface area (Å²) in [7, 11) is -3.85. The number of aliphatic hydroxyl groups excluding tert-OH is 3. The van der Waals surface area contributed by atoms with E-state index in [0.29, 0.717) is 11.4 Å². The van der Waals surface area contributed by atoms with Gasteiger partial charge in [0, 0.05) is 5.69 Å². The maximum absolute atomic E-state index is 11.3. The van der Waals surface area contributed by atoms with Gasteiger partial charge in [0.05, 0.1) is 16.3 Å². The molecule has 1 heterocycles. The number of anilines is 2. The van der Waals surface area contributed by atoms with Crippen LogP contribution in [0, 0.1) is 0 Å². The van der Waals surface area contributed by atoms with Crippen LogP contribution in [0.15, 0.2) is 57.6 Å². The zero-order valence-corrected chi connectivity index (χ0v) is 17.1. The Morgan fingerprint density at radius 3 is 2.25 bits per heavy atom. The molecular formula is C18H21N5O8S. The topological polar surface area (TPSA) is 230 Å². The maximum Gasteiger partial charge on any atom is 0.335 e. The van der Waals surface area contributed by atoms with Crippen molar-refractivity contribution in [3.8, 4) is 0 Å². The van der Waals surface area contributed by atoms with Gasteiger partial charge in [-0.05, 0) is 42.5 Å². The number of carboxylic acids is 1. The van der Waals surface area contributed by atoms with E-state index >= 15 is 0 Å². The Labute approximate surface area is 182 Å². The summed E-state index contributed by atoms with van der Waals surface area (Å²) in [4.78, 5) is 11.2. The second kappa shape index (κ2) is 9.15. The van der Waals surface area contributed by atoms with E-state index < -0.39 is 46.6 Å². The zero-order chi connectivity index (χ0) is 23.6. The van der Waals surface area contributed by atoms with E-state index in [1.54, 1.807) is 0 Å². The minimum atomic E-state index is -3.85. The summed E-state index contributed by atoms with van der Waals surface area (Å²) in [5.41, 5.74) is 6.78. The fourth-order valence-electron chi connectivity index (χ4n) is 2.93. The molecule has 9 N–H and O–H groups in total. The Hall–Kier alpha value is -3.14. The van der Waals surface area contributed by atoms with Gasteiger partial charge in [-0.3, -0.25) is 0 Å². The molecule has 5 unspecified atom stereocenters. The van der Waals surface area contributed by atoms with Gasteiger partial charge < -0.3 is 36.2 Å². The minimum Gasteiger partial charge on any atom is -0.479 e. The molecule has 0 spiro atoms. The number of primary sulfonamides is 1. The van der Waals surface area contributed by atoms with Crippen molar-refractivity contribution in [2.24, 2.45) is 15.4 Å². The molecule has 2 aromatic carbocycles. The van der Waals surface area contributed by atoms with Crippen LogP contribution < -0.4 is 16.2 Å². The third kappa shape index (κ3) is 5.18. The first-order valence-electron chi connectivity index (χ1n) is 9.10. The van der Waals surface area contributed by atoms with Crippen LogP contribution in [0.2, 0.25) is 0 Å². The Bertz CT molecular complexity index is 1120. The van der Waals surface area contributed by atoms with Gasteiger partial charge in [0.25, 0.3) is 0 Å². The molecule has 0 radical (unpaired) electrons. The Balaban J connectivity index is 1.85. The normalized spacial score (nSPS) is 26.2. The number of aliphatic hydroxyl groups is 3. The third-order valence-corrected chi connectivity index (χ3v) is 5.54. The van der Waals surface area contributed by atoms with Gasteiger partial charge in [0.15, 0.2) is 12.3 Å². The highest BCUT2D eigenvalue weighted by atomic mass is 32.2. The first kappa shape index (κ1) is 23.5. The molecule has 172 valence electrons. The van der Waals surface area contributed by atoms with Crippen LogP contribution in [0.25, 0.3) is 0 Å². The van der Waals surface area contributed by atoms with Crippen LogP contribution in [-0.2, 0) is 19.6 Å². The van der Waals surface area contributed by atoms with E-state index in [2.05, 4.69) is 15.5 Å². The predicted octanol–water partition coefficient (Wildman–Crippen LogP) is -0.364. The van der Waals surface area contributed by atoms with Gasteiger partial charge >= 0.3 is 5.97 Å². The molecule has 0 aliphatic carbocycles. The summed E-state index contributed by atoms with van der Waals surface area (Å²) in [5.74, 6) is -1.52. The first-order valence-corrected chi connectivity index (χ1v) is 10.6. The number of carboxylic acid groups (broad SMARTS) is 1. The number of nitrogen functional groups attached to an aromatic ring is 1. The standard InChI is InChI=1S/C18H21N5O8S/c19-8-1-6-11(23-22-9-2-4-10(5-3-9)32(20,29)30)12(7-8)21-17-15(26)13(24)14(25)16(31-17)18(27)28/h1-7,13-17,21,24-26H,19H2,(H,27,28)(H2,20,29,30). The lowest BCUT2D eigenvalue weighted by molar-refractivity contribution is -0.221.